The molecular formula is C17H34N4O8. The number of aliphatic carboxylic acids is 4. The first-order valence-corrected chi connectivity index (χ1v) is 8.42. The van der Waals surface area contributed by atoms with Crippen molar-refractivity contribution in [2.75, 3.05) is 0 Å². The second-order valence-electron chi connectivity index (χ2n) is 6.10. The molecule has 12 heteroatoms. The summed E-state index contributed by atoms with van der Waals surface area (Å²) in [6.07, 6.45) is 6.50. The van der Waals surface area contributed by atoms with Crippen LogP contribution in [0.4, 0.5) is 0 Å². The maximum Gasteiger partial charge on any atom is 0.333 e. The van der Waals surface area contributed by atoms with Crippen molar-refractivity contribution < 1.29 is 39.6 Å². The third-order valence-corrected chi connectivity index (χ3v) is 2.67. The van der Waals surface area contributed by atoms with Gasteiger partial charge in [-0.3, -0.25) is 14.4 Å². The van der Waals surface area contributed by atoms with E-state index >= 15 is 0 Å². The summed E-state index contributed by atoms with van der Waals surface area (Å²) in [5.74, 6) is -2.14. The lowest BCUT2D eigenvalue weighted by Gasteiger charge is -2.09. The molecule has 0 heterocycles. The molecule has 0 radical (unpaired) electrons. The van der Waals surface area contributed by atoms with E-state index in [-0.39, 0.29) is 0 Å². The summed E-state index contributed by atoms with van der Waals surface area (Å²) in [7, 11) is 0. The van der Waals surface area contributed by atoms with E-state index in [2.05, 4.69) is 6.42 Å². The van der Waals surface area contributed by atoms with Gasteiger partial charge in [-0.1, -0.05) is 26.2 Å². The molecule has 0 saturated heterocycles. The lowest BCUT2D eigenvalue weighted by atomic mass is 10.1. The molecule has 0 aromatic rings. The van der Waals surface area contributed by atoms with Gasteiger partial charge in [0.1, 0.15) is 17.6 Å². The highest BCUT2D eigenvalue weighted by molar-refractivity contribution is 5.77. The van der Waals surface area contributed by atoms with Crippen molar-refractivity contribution in [3.63, 3.8) is 0 Å². The van der Waals surface area contributed by atoms with E-state index < -0.39 is 47.5 Å². The summed E-state index contributed by atoms with van der Waals surface area (Å²) in [4.78, 5) is 39.3. The number of carboxylic acids is 4. The molecule has 0 spiro atoms. The van der Waals surface area contributed by atoms with Crippen LogP contribution in [0, 0.1) is 12.3 Å². The lowest BCUT2D eigenvalue weighted by molar-refractivity contribution is -0.142. The minimum atomic E-state index is -1.16. The molecule has 0 aliphatic heterocycles. The number of carboxylic acid groups (broad SMARTS) is 4. The fourth-order valence-corrected chi connectivity index (χ4v) is 0.680. The van der Waals surface area contributed by atoms with Crippen LogP contribution in [-0.4, -0.2) is 68.0 Å². The zero-order valence-corrected chi connectivity index (χ0v) is 17.2. The number of hydrogen-bond donors (Lipinski definition) is 8. The maximum atomic E-state index is 9.96. The van der Waals surface area contributed by atoms with Crippen LogP contribution in [0.25, 0.3) is 0 Å². The number of carbonyl (C=O) groups is 4. The van der Waals surface area contributed by atoms with Gasteiger partial charge in [-0.25, -0.2) is 4.79 Å². The molecule has 0 aliphatic carbocycles. The van der Waals surface area contributed by atoms with E-state index in [1.165, 1.54) is 13.8 Å². The Morgan fingerprint density at radius 1 is 0.897 bits per heavy atom. The molecule has 0 saturated carbocycles. The maximum absolute atomic E-state index is 9.96. The predicted molar refractivity (Wildman–Crippen MR) is 107 cm³/mol. The number of terminal acetylenes is 1. The van der Waals surface area contributed by atoms with Crippen LogP contribution in [0.2, 0.25) is 0 Å². The monoisotopic (exact) mass is 422 g/mol. The van der Waals surface area contributed by atoms with Gasteiger partial charge < -0.3 is 43.4 Å². The highest BCUT2D eigenvalue weighted by Gasteiger charge is 2.19. The summed E-state index contributed by atoms with van der Waals surface area (Å²) in [6, 6.07) is -2.50. The zero-order valence-electron chi connectivity index (χ0n) is 17.2. The molecule has 0 aromatic heterocycles. The Hall–Kier alpha value is -2.72. The average Bonchev–Trinajstić information content (AvgIpc) is 2.60. The molecule has 29 heavy (non-hydrogen) atoms. The minimum Gasteiger partial charge on any atom is -0.480 e. The van der Waals surface area contributed by atoms with Gasteiger partial charge in [0.25, 0.3) is 0 Å². The first-order chi connectivity index (χ1) is 13.0. The molecule has 3 unspecified atom stereocenters. The number of hydrogen-bond acceptors (Lipinski definition) is 8. The molecule has 0 rings (SSSR count). The normalized spacial score (nSPS) is 12.5. The molecule has 0 aliphatic rings. The van der Waals surface area contributed by atoms with Gasteiger partial charge in [0.05, 0.1) is 0 Å². The van der Waals surface area contributed by atoms with Crippen molar-refractivity contribution in [1.29, 1.82) is 0 Å². The molecule has 12 nitrogen and oxygen atoms in total. The van der Waals surface area contributed by atoms with Gasteiger partial charge in [0, 0.05) is 0 Å². The predicted octanol–water partition coefficient (Wildman–Crippen LogP) is -1.15. The minimum absolute atomic E-state index is 0.495. The molecule has 0 bridgehead atoms. The third kappa shape index (κ3) is 27.6. The molecule has 0 amide bonds. The van der Waals surface area contributed by atoms with Gasteiger partial charge in [-0.15, -0.1) is 6.42 Å². The summed E-state index contributed by atoms with van der Waals surface area (Å²) in [5.41, 5.74) is 18.9. The fraction of sp³-hybridized carbons (Fsp3) is 0.647. The summed E-state index contributed by atoms with van der Waals surface area (Å²) >= 11 is 0. The molecule has 12 N–H and O–H groups in total. The largest absolute Gasteiger partial charge is 0.480 e. The molecule has 3 atom stereocenters. The molecular weight excluding hydrogens is 388 g/mol. The van der Waals surface area contributed by atoms with Crippen LogP contribution in [0.15, 0.2) is 0 Å². The van der Waals surface area contributed by atoms with Crippen molar-refractivity contribution in [2.24, 2.45) is 22.9 Å². The van der Waals surface area contributed by atoms with Gasteiger partial charge in [-0.2, -0.15) is 0 Å². The second-order valence-corrected chi connectivity index (χ2v) is 6.10. The van der Waals surface area contributed by atoms with E-state index in [4.69, 9.17) is 43.4 Å². The average molecular weight is 422 g/mol. The van der Waals surface area contributed by atoms with E-state index in [9.17, 15) is 19.2 Å². The highest BCUT2D eigenvalue weighted by Crippen LogP contribution is 1.93. The Morgan fingerprint density at radius 2 is 1.24 bits per heavy atom. The Morgan fingerprint density at radius 3 is 1.28 bits per heavy atom. The van der Waals surface area contributed by atoms with Gasteiger partial charge in [0.2, 0.25) is 0 Å². The van der Waals surface area contributed by atoms with Crippen molar-refractivity contribution >= 4 is 23.9 Å². The van der Waals surface area contributed by atoms with Crippen LogP contribution in [-0.2, 0) is 19.2 Å². The molecule has 0 fully saturated rings. The van der Waals surface area contributed by atoms with E-state index in [0.29, 0.717) is 12.8 Å². The summed E-state index contributed by atoms with van der Waals surface area (Å²) < 4.78 is 0. The van der Waals surface area contributed by atoms with E-state index in [0.717, 1.165) is 6.42 Å². The first-order valence-electron chi connectivity index (χ1n) is 8.42. The molecule has 170 valence electrons. The van der Waals surface area contributed by atoms with Crippen LogP contribution < -0.4 is 22.9 Å². The van der Waals surface area contributed by atoms with Gasteiger partial charge >= 0.3 is 23.9 Å². The topological polar surface area (TPSA) is 253 Å². The second kappa shape index (κ2) is 18.6. The smallest absolute Gasteiger partial charge is 0.333 e. The Kier molecular flexibility index (Phi) is 21.7. The van der Waals surface area contributed by atoms with Crippen LogP contribution >= 0.6 is 0 Å². The quantitative estimate of drug-likeness (QED) is 0.226. The van der Waals surface area contributed by atoms with Crippen molar-refractivity contribution in [1.82, 2.24) is 0 Å². The van der Waals surface area contributed by atoms with E-state index in [1.54, 1.807) is 6.92 Å². The highest BCUT2D eigenvalue weighted by atomic mass is 16.4. The standard InChI is InChI=1S/C5H11NO2.2C4H9NO2.C4H5NO2/c1-2-3-4(6)5(7)8;1-4(2,5)3(6)7;2*1-2-3(5)4(6)7/h4H,2-3,6H2,1H3,(H,7,8);5H2,1-2H3,(H,6,7);3H,2,5H2,1H3,(H,6,7);1,3H,5H2,(H,6,7). The van der Waals surface area contributed by atoms with Crippen molar-refractivity contribution in [2.45, 2.75) is 70.6 Å². The Bertz CT molecular complexity index is 541. The third-order valence-electron chi connectivity index (χ3n) is 2.67. The van der Waals surface area contributed by atoms with E-state index in [1.807, 2.05) is 12.8 Å². The Balaban J connectivity index is -0.000000144. The van der Waals surface area contributed by atoms with Crippen LogP contribution in [0.1, 0.15) is 47.0 Å². The number of nitrogens with two attached hydrogens (primary N) is 4. The lowest BCUT2D eigenvalue weighted by Crippen LogP contribution is -2.41. The SMILES string of the molecule is C#CC(N)C(=O)O.CC(C)(N)C(=O)O.CCC(N)C(=O)O.CCCC(N)C(=O)O. The van der Waals surface area contributed by atoms with Crippen molar-refractivity contribution in [3.8, 4) is 12.3 Å². The number of rotatable bonds is 7. The molecule has 0 aromatic carbocycles. The van der Waals surface area contributed by atoms with Crippen LogP contribution in [0.3, 0.4) is 0 Å². The Labute approximate surface area is 170 Å². The first kappa shape index (κ1) is 33.8. The van der Waals surface area contributed by atoms with Gasteiger partial charge in [-0.05, 0) is 26.7 Å². The summed E-state index contributed by atoms with van der Waals surface area (Å²) in [6.45, 7) is 6.52. The summed E-state index contributed by atoms with van der Waals surface area (Å²) in [5, 5.41) is 32.3. The van der Waals surface area contributed by atoms with Gasteiger partial charge in [0.15, 0.2) is 6.04 Å². The fourth-order valence-electron chi connectivity index (χ4n) is 0.680. The zero-order chi connectivity index (χ0) is 24.4. The van der Waals surface area contributed by atoms with Crippen LogP contribution in [0.5, 0.6) is 0 Å². The van der Waals surface area contributed by atoms with Crippen molar-refractivity contribution in [3.05, 3.63) is 0 Å².